The molecule has 0 aliphatic heterocycles. The molecule has 1 aromatic carbocycles. The molecule has 1 N–H and O–H groups in total. The van der Waals surface area contributed by atoms with Crippen LogP contribution in [0.2, 0.25) is 0 Å². The van der Waals surface area contributed by atoms with E-state index in [2.05, 4.69) is 30.2 Å². The van der Waals surface area contributed by atoms with Gasteiger partial charge in [-0.25, -0.2) is 33.7 Å². The minimum Gasteiger partial charge on any atom is -0.451 e. The molecule has 0 saturated carbocycles. The first-order valence-electron chi connectivity index (χ1n) is 9.16. The number of nitrogens with one attached hydrogen (secondary N) is 1. The van der Waals surface area contributed by atoms with E-state index in [0.717, 1.165) is 0 Å². The maximum atomic E-state index is 14.2. The van der Waals surface area contributed by atoms with Crippen molar-refractivity contribution in [3.63, 3.8) is 0 Å². The SMILES string of the molecule is Fc1cnc(C(F)(F)F)c(F)c1Oc1cccc(CCNc2ncnc3nccnc23)c1. The van der Waals surface area contributed by atoms with Crippen LogP contribution in [0.15, 0.2) is 49.2 Å². The Bertz CT molecular complexity index is 1260. The molecule has 0 spiro atoms. The minimum atomic E-state index is -5.08. The highest BCUT2D eigenvalue weighted by atomic mass is 19.4. The number of aromatic nitrogens is 5. The Balaban J connectivity index is 1.48. The lowest BCUT2D eigenvalue weighted by Crippen LogP contribution is -2.12. The van der Waals surface area contributed by atoms with Crippen molar-refractivity contribution in [3.8, 4) is 11.5 Å². The summed E-state index contributed by atoms with van der Waals surface area (Å²) < 4.78 is 71.6. The fourth-order valence-corrected chi connectivity index (χ4v) is 2.87. The Hall–Kier alpha value is -3.96. The molecule has 32 heavy (non-hydrogen) atoms. The van der Waals surface area contributed by atoms with Crippen LogP contribution < -0.4 is 10.1 Å². The van der Waals surface area contributed by atoms with Gasteiger partial charge >= 0.3 is 6.18 Å². The molecule has 0 amide bonds. The summed E-state index contributed by atoms with van der Waals surface area (Å²) in [6.07, 6.45) is -0.00221. The number of nitrogens with zero attached hydrogens (tertiary/aromatic N) is 5. The molecule has 0 unspecified atom stereocenters. The standard InChI is InChI=1S/C20H13F5N6O/c21-13-9-29-17(20(23,24)25)14(22)16(13)32-12-3-1-2-11(8-12)4-5-27-18-15-19(31-10-30-18)28-7-6-26-15/h1-3,6-10H,4-5H2,(H,27,28,30,31). The van der Waals surface area contributed by atoms with E-state index in [9.17, 15) is 22.0 Å². The molecular weight excluding hydrogens is 435 g/mol. The van der Waals surface area contributed by atoms with E-state index in [1.165, 1.54) is 30.9 Å². The number of alkyl halides is 3. The third-order valence-corrected chi connectivity index (χ3v) is 4.29. The maximum absolute atomic E-state index is 14.2. The fraction of sp³-hybridized carbons (Fsp3) is 0.150. The molecule has 0 saturated heterocycles. The van der Waals surface area contributed by atoms with E-state index in [4.69, 9.17) is 4.74 Å². The summed E-state index contributed by atoms with van der Waals surface area (Å²) in [4.78, 5) is 19.2. The quantitative estimate of drug-likeness (QED) is 0.433. The van der Waals surface area contributed by atoms with Crippen molar-refractivity contribution in [3.05, 3.63) is 72.1 Å². The van der Waals surface area contributed by atoms with Gasteiger partial charge in [0.15, 0.2) is 28.8 Å². The van der Waals surface area contributed by atoms with Crippen molar-refractivity contribution in [1.29, 1.82) is 0 Å². The van der Waals surface area contributed by atoms with E-state index in [1.807, 2.05) is 0 Å². The zero-order chi connectivity index (χ0) is 22.7. The highest BCUT2D eigenvalue weighted by Gasteiger charge is 2.38. The van der Waals surface area contributed by atoms with E-state index in [1.54, 1.807) is 12.1 Å². The number of hydrogen-bond donors (Lipinski definition) is 1. The first kappa shape index (κ1) is 21.3. The Morgan fingerprint density at radius 3 is 2.59 bits per heavy atom. The molecule has 4 aromatic rings. The first-order valence-corrected chi connectivity index (χ1v) is 9.16. The van der Waals surface area contributed by atoms with Crippen molar-refractivity contribution >= 4 is 17.0 Å². The number of halogens is 5. The number of ether oxygens (including phenoxy) is 1. The van der Waals surface area contributed by atoms with Gasteiger partial charge in [-0.1, -0.05) is 12.1 Å². The number of anilines is 1. The molecule has 3 aromatic heterocycles. The molecule has 0 atom stereocenters. The molecule has 0 bridgehead atoms. The van der Waals surface area contributed by atoms with Gasteiger partial charge in [-0.05, 0) is 24.1 Å². The summed E-state index contributed by atoms with van der Waals surface area (Å²) in [5.41, 5.74) is -0.226. The number of rotatable bonds is 6. The maximum Gasteiger partial charge on any atom is 0.436 e. The second kappa shape index (κ2) is 8.65. The lowest BCUT2D eigenvalue weighted by Gasteiger charge is -2.13. The number of hydrogen-bond acceptors (Lipinski definition) is 7. The van der Waals surface area contributed by atoms with Crippen LogP contribution in [0.3, 0.4) is 0 Å². The molecule has 3 heterocycles. The number of benzene rings is 1. The van der Waals surface area contributed by atoms with Crippen LogP contribution in [-0.2, 0) is 12.6 Å². The molecule has 164 valence electrons. The topological polar surface area (TPSA) is 85.7 Å². The zero-order valence-electron chi connectivity index (χ0n) is 16.1. The van der Waals surface area contributed by atoms with Gasteiger partial charge in [0.2, 0.25) is 5.75 Å². The smallest absolute Gasteiger partial charge is 0.436 e. The molecule has 0 aliphatic carbocycles. The lowest BCUT2D eigenvalue weighted by molar-refractivity contribution is -0.143. The van der Waals surface area contributed by atoms with Crippen molar-refractivity contribution in [2.75, 3.05) is 11.9 Å². The molecule has 4 rings (SSSR count). The summed E-state index contributed by atoms with van der Waals surface area (Å²) in [6, 6.07) is 6.12. The van der Waals surface area contributed by atoms with Crippen LogP contribution in [0.5, 0.6) is 11.5 Å². The Morgan fingerprint density at radius 1 is 0.969 bits per heavy atom. The molecule has 0 fully saturated rings. The van der Waals surface area contributed by atoms with Crippen molar-refractivity contribution < 1.29 is 26.7 Å². The van der Waals surface area contributed by atoms with Crippen LogP contribution in [0.25, 0.3) is 11.2 Å². The Labute approximate surface area is 177 Å². The molecular formula is C20H13F5N6O. The predicted octanol–water partition coefficient (Wildman–Crippen LogP) is 4.56. The van der Waals surface area contributed by atoms with Gasteiger partial charge in [0.25, 0.3) is 0 Å². The van der Waals surface area contributed by atoms with E-state index < -0.39 is 29.3 Å². The van der Waals surface area contributed by atoms with Crippen LogP contribution in [0.4, 0.5) is 27.8 Å². The van der Waals surface area contributed by atoms with Crippen molar-refractivity contribution in [2.24, 2.45) is 0 Å². The summed E-state index contributed by atoms with van der Waals surface area (Å²) in [5.74, 6) is -3.98. The second-order valence-corrected chi connectivity index (χ2v) is 6.47. The van der Waals surface area contributed by atoms with E-state index in [-0.39, 0.29) is 11.9 Å². The summed E-state index contributed by atoms with van der Waals surface area (Å²) in [6.45, 7) is 0.405. The van der Waals surface area contributed by atoms with Gasteiger partial charge in [-0.15, -0.1) is 0 Å². The summed E-state index contributed by atoms with van der Waals surface area (Å²) in [7, 11) is 0. The summed E-state index contributed by atoms with van der Waals surface area (Å²) in [5, 5.41) is 3.10. The van der Waals surface area contributed by atoms with E-state index in [0.29, 0.717) is 35.5 Å². The van der Waals surface area contributed by atoms with E-state index >= 15 is 0 Å². The summed E-state index contributed by atoms with van der Waals surface area (Å²) >= 11 is 0. The van der Waals surface area contributed by atoms with Crippen molar-refractivity contribution in [2.45, 2.75) is 12.6 Å². The van der Waals surface area contributed by atoms with Crippen LogP contribution in [-0.4, -0.2) is 31.5 Å². The highest BCUT2D eigenvalue weighted by molar-refractivity contribution is 5.81. The largest absolute Gasteiger partial charge is 0.451 e. The van der Waals surface area contributed by atoms with Gasteiger partial charge < -0.3 is 10.1 Å². The first-order chi connectivity index (χ1) is 15.3. The van der Waals surface area contributed by atoms with Crippen LogP contribution in [0, 0.1) is 11.6 Å². The average Bonchev–Trinajstić information content (AvgIpc) is 2.76. The zero-order valence-corrected chi connectivity index (χ0v) is 16.1. The third kappa shape index (κ3) is 4.53. The van der Waals surface area contributed by atoms with Gasteiger partial charge in [-0.2, -0.15) is 13.2 Å². The fourth-order valence-electron chi connectivity index (χ4n) is 2.87. The number of fused-ring (bicyclic) bond motifs is 1. The number of pyridine rings is 1. The molecule has 0 aliphatic rings. The second-order valence-electron chi connectivity index (χ2n) is 6.47. The molecule has 7 nitrogen and oxygen atoms in total. The molecule has 12 heteroatoms. The predicted molar refractivity (Wildman–Crippen MR) is 103 cm³/mol. The average molecular weight is 448 g/mol. The minimum absolute atomic E-state index is 0.0297. The Kier molecular flexibility index (Phi) is 5.75. The van der Waals surface area contributed by atoms with Gasteiger partial charge in [-0.3, -0.25) is 0 Å². The van der Waals surface area contributed by atoms with Gasteiger partial charge in [0.05, 0.1) is 6.20 Å². The van der Waals surface area contributed by atoms with Gasteiger partial charge in [0, 0.05) is 18.9 Å². The highest BCUT2D eigenvalue weighted by Crippen LogP contribution is 2.36. The third-order valence-electron chi connectivity index (χ3n) is 4.29. The lowest BCUT2D eigenvalue weighted by atomic mass is 10.1. The Morgan fingerprint density at radius 2 is 1.78 bits per heavy atom. The normalized spacial score (nSPS) is 11.5. The van der Waals surface area contributed by atoms with Crippen LogP contribution >= 0.6 is 0 Å². The monoisotopic (exact) mass is 448 g/mol. The van der Waals surface area contributed by atoms with Crippen molar-refractivity contribution in [1.82, 2.24) is 24.9 Å². The van der Waals surface area contributed by atoms with Gasteiger partial charge in [0.1, 0.15) is 17.6 Å². The van der Waals surface area contributed by atoms with Crippen LogP contribution in [0.1, 0.15) is 11.3 Å². The molecule has 0 radical (unpaired) electrons.